The van der Waals surface area contributed by atoms with Crippen LogP contribution >= 0.6 is 0 Å². The third-order valence-corrected chi connectivity index (χ3v) is 2.02. The first-order chi connectivity index (χ1) is 9.33. The van der Waals surface area contributed by atoms with Crippen LogP contribution in [-0.2, 0) is 21.0 Å². The summed E-state index contributed by atoms with van der Waals surface area (Å²) in [4.78, 5) is 33.2. The van der Waals surface area contributed by atoms with Crippen LogP contribution in [0.2, 0.25) is 0 Å². The Morgan fingerprint density at radius 2 is 1.30 bits per heavy atom. The fourth-order valence-electron chi connectivity index (χ4n) is 1.43. The average molecular weight is 282 g/mol. The molecule has 0 bridgehead atoms. The van der Waals surface area contributed by atoms with Crippen LogP contribution in [0.25, 0.3) is 0 Å². The van der Waals surface area contributed by atoms with Gasteiger partial charge in [-0.2, -0.15) is 0 Å². The SMILES string of the molecule is CC(=O)Oc1cc(CO)cc(OC(C)=O)c1OC(C)=O. The second-order valence-corrected chi connectivity index (χ2v) is 3.86. The monoisotopic (exact) mass is 282 g/mol. The molecule has 0 saturated carbocycles. The summed E-state index contributed by atoms with van der Waals surface area (Å²) in [7, 11) is 0. The molecule has 0 amide bonds. The Labute approximate surface area is 115 Å². The van der Waals surface area contributed by atoms with Gasteiger partial charge in [0.25, 0.3) is 0 Å². The Balaban J connectivity index is 3.39. The van der Waals surface area contributed by atoms with Crippen LogP contribution in [0.4, 0.5) is 0 Å². The number of carbonyl (C=O) groups is 3. The summed E-state index contributed by atoms with van der Waals surface area (Å²) in [5.74, 6) is -2.40. The molecule has 1 aromatic rings. The van der Waals surface area contributed by atoms with Gasteiger partial charge in [0.2, 0.25) is 5.75 Å². The lowest BCUT2D eigenvalue weighted by Gasteiger charge is -2.14. The van der Waals surface area contributed by atoms with Gasteiger partial charge in [0.15, 0.2) is 11.5 Å². The van der Waals surface area contributed by atoms with Gasteiger partial charge < -0.3 is 19.3 Å². The van der Waals surface area contributed by atoms with Gasteiger partial charge in [-0.15, -0.1) is 0 Å². The van der Waals surface area contributed by atoms with Crippen LogP contribution in [0.1, 0.15) is 26.3 Å². The Morgan fingerprint density at radius 3 is 1.60 bits per heavy atom. The number of aliphatic hydroxyl groups excluding tert-OH is 1. The van der Waals surface area contributed by atoms with E-state index < -0.39 is 17.9 Å². The van der Waals surface area contributed by atoms with Gasteiger partial charge in [-0.05, 0) is 17.7 Å². The highest BCUT2D eigenvalue weighted by Gasteiger charge is 2.19. The molecule has 0 fully saturated rings. The number of benzene rings is 1. The van der Waals surface area contributed by atoms with E-state index in [-0.39, 0.29) is 23.9 Å². The highest BCUT2D eigenvalue weighted by Crippen LogP contribution is 2.39. The van der Waals surface area contributed by atoms with Crippen LogP contribution in [-0.4, -0.2) is 23.0 Å². The second kappa shape index (κ2) is 6.67. The molecule has 1 rings (SSSR count). The quantitative estimate of drug-likeness (QED) is 0.648. The molecule has 0 heterocycles. The topological polar surface area (TPSA) is 99.1 Å². The van der Waals surface area contributed by atoms with Crippen molar-refractivity contribution < 1.29 is 33.7 Å². The van der Waals surface area contributed by atoms with Crippen LogP contribution in [0.15, 0.2) is 12.1 Å². The molecule has 1 N–H and O–H groups in total. The Hall–Kier alpha value is -2.41. The largest absolute Gasteiger partial charge is 0.423 e. The van der Waals surface area contributed by atoms with Crippen LogP contribution in [0.5, 0.6) is 17.2 Å². The normalized spacial score (nSPS) is 9.80. The maximum atomic E-state index is 11.1. The first kappa shape index (κ1) is 15.6. The van der Waals surface area contributed by atoms with E-state index in [1.807, 2.05) is 0 Å². The zero-order valence-corrected chi connectivity index (χ0v) is 11.3. The lowest BCUT2D eigenvalue weighted by atomic mass is 10.2. The summed E-state index contributed by atoms with van der Waals surface area (Å²) < 4.78 is 14.7. The minimum atomic E-state index is -0.677. The van der Waals surface area contributed by atoms with Crippen LogP contribution < -0.4 is 14.2 Å². The van der Waals surface area contributed by atoms with Crippen molar-refractivity contribution in [3.63, 3.8) is 0 Å². The maximum Gasteiger partial charge on any atom is 0.308 e. The van der Waals surface area contributed by atoms with E-state index in [1.165, 1.54) is 12.1 Å². The fourth-order valence-corrected chi connectivity index (χ4v) is 1.43. The van der Waals surface area contributed by atoms with Crippen molar-refractivity contribution >= 4 is 17.9 Å². The van der Waals surface area contributed by atoms with E-state index in [9.17, 15) is 14.4 Å². The van der Waals surface area contributed by atoms with Crippen molar-refractivity contribution in [2.75, 3.05) is 0 Å². The van der Waals surface area contributed by atoms with E-state index >= 15 is 0 Å². The van der Waals surface area contributed by atoms with Gasteiger partial charge in [-0.25, -0.2) is 0 Å². The van der Waals surface area contributed by atoms with E-state index in [2.05, 4.69) is 0 Å². The van der Waals surface area contributed by atoms with Crippen molar-refractivity contribution in [3.8, 4) is 17.2 Å². The molecule has 0 aliphatic carbocycles. The lowest BCUT2D eigenvalue weighted by molar-refractivity contribution is -0.135. The summed E-state index contributed by atoms with van der Waals surface area (Å²) in [5, 5.41) is 9.14. The highest BCUT2D eigenvalue weighted by molar-refractivity contribution is 5.77. The molecule has 0 aliphatic rings. The van der Waals surface area contributed by atoms with E-state index in [0.29, 0.717) is 5.56 Å². The smallest absolute Gasteiger partial charge is 0.308 e. The van der Waals surface area contributed by atoms with Gasteiger partial charge in [0, 0.05) is 20.8 Å². The third kappa shape index (κ3) is 4.36. The summed E-state index contributed by atoms with van der Waals surface area (Å²) in [5.41, 5.74) is 0.327. The van der Waals surface area contributed by atoms with Gasteiger partial charge in [0.05, 0.1) is 6.61 Å². The van der Waals surface area contributed by atoms with Gasteiger partial charge in [-0.1, -0.05) is 0 Å². The summed E-state index contributed by atoms with van der Waals surface area (Å²) in [6, 6.07) is 2.62. The molecular weight excluding hydrogens is 268 g/mol. The number of aliphatic hydroxyl groups is 1. The lowest BCUT2D eigenvalue weighted by Crippen LogP contribution is -2.11. The minimum absolute atomic E-state index is 0.115. The number of hydrogen-bond acceptors (Lipinski definition) is 7. The number of carbonyl (C=O) groups excluding carboxylic acids is 3. The number of ether oxygens (including phenoxy) is 3. The Morgan fingerprint density at radius 1 is 0.900 bits per heavy atom. The molecule has 7 heteroatoms. The molecule has 0 spiro atoms. The summed E-state index contributed by atoms with van der Waals surface area (Å²) in [6.07, 6.45) is 0. The molecule has 108 valence electrons. The van der Waals surface area contributed by atoms with Gasteiger partial charge >= 0.3 is 17.9 Å². The molecule has 0 atom stereocenters. The zero-order valence-electron chi connectivity index (χ0n) is 11.3. The number of rotatable bonds is 4. The van der Waals surface area contributed by atoms with Crippen molar-refractivity contribution in [1.29, 1.82) is 0 Å². The second-order valence-electron chi connectivity index (χ2n) is 3.86. The van der Waals surface area contributed by atoms with Crippen molar-refractivity contribution in [1.82, 2.24) is 0 Å². The first-order valence-corrected chi connectivity index (χ1v) is 5.66. The van der Waals surface area contributed by atoms with E-state index in [1.54, 1.807) is 0 Å². The first-order valence-electron chi connectivity index (χ1n) is 5.66. The van der Waals surface area contributed by atoms with Gasteiger partial charge in [0.1, 0.15) is 0 Å². The third-order valence-electron chi connectivity index (χ3n) is 2.02. The predicted molar refractivity (Wildman–Crippen MR) is 66.3 cm³/mol. The predicted octanol–water partition coefficient (Wildman–Crippen LogP) is 0.955. The zero-order chi connectivity index (χ0) is 15.3. The van der Waals surface area contributed by atoms with Crippen LogP contribution in [0, 0.1) is 0 Å². The van der Waals surface area contributed by atoms with E-state index in [0.717, 1.165) is 20.8 Å². The molecule has 0 aromatic heterocycles. The fraction of sp³-hybridized carbons (Fsp3) is 0.308. The summed E-state index contributed by atoms with van der Waals surface area (Å²) in [6.45, 7) is 3.10. The molecule has 20 heavy (non-hydrogen) atoms. The molecule has 0 radical (unpaired) electrons. The molecule has 0 aliphatic heterocycles. The average Bonchev–Trinajstić information content (AvgIpc) is 2.30. The number of hydrogen-bond donors (Lipinski definition) is 1. The molecular formula is C13H14O7. The maximum absolute atomic E-state index is 11.1. The molecule has 0 saturated heterocycles. The highest BCUT2D eigenvalue weighted by atomic mass is 16.6. The molecule has 7 nitrogen and oxygen atoms in total. The van der Waals surface area contributed by atoms with Crippen molar-refractivity contribution in [3.05, 3.63) is 17.7 Å². The van der Waals surface area contributed by atoms with Crippen LogP contribution in [0.3, 0.4) is 0 Å². The minimum Gasteiger partial charge on any atom is -0.423 e. The Kier molecular flexibility index (Phi) is 5.22. The molecule has 0 unspecified atom stereocenters. The van der Waals surface area contributed by atoms with Crippen molar-refractivity contribution in [2.24, 2.45) is 0 Å². The van der Waals surface area contributed by atoms with Crippen molar-refractivity contribution in [2.45, 2.75) is 27.4 Å². The van der Waals surface area contributed by atoms with Gasteiger partial charge in [-0.3, -0.25) is 14.4 Å². The molecule has 1 aromatic carbocycles. The standard InChI is InChI=1S/C13H14O7/c1-7(15)18-11-4-10(6-14)5-12(19-8(2)16)13(11)20-9(3)17/h4-5,14H,6H2,1-3H3. The number of esters is 3. The van der Waals surface area contributed by atoms with E-state index in [4.69, 9.17) is 19.3 Å². The Bertz CT molecular complexity index is 511. The summed E-state index contributed by atoms with van der Waals surface area (Å²) >= 11 is 0.